The number of nitrogens with one attached hydrogen (secondary N) is 1. The molecule has 176 valence electrons. The second-order valence-corrected chi connectivity index (χ2v) is 8.67. The van der Waals surface area contributed by atoms with Crippen molar-refractivity contribution in [2.75, 3.05) is 31.6 Å². The van der Waals surface area contributed by atoms with Gasteiger partial charge in [0.15, 0.2) is 0 Å². The van der Waals surface area contributed by atoms with Crippen LogP contribution in [0.25, 0.3) is 0 Å². The molecule has 1 aromatic carbocycles. The van der Waals surface area contributed by atoms with Gasteiger partial charge in [-0.3, -0.25) is 4.90 Å². The Bertz CT molecular complexity index is 931. The summed E-state index contributed by atoms with van der Waals surface area (Å²) >= 11 is 0. The number of piperazine rings is 1. The van der Waals surface area contributed by atoms with Crippen LogP contribution >= 0.6 is 0 Å². The molecule has 1 saturated heterocycles. The molecule has 4 N–H and O–H groups in total. The summed E-state index contributed by atoms with van der Waals surface area (Å²) in [6.07, 6.45) is -0.367. The third-order valence-corrected chi connectivity index (χ3v) is 5.53. The van der Waals surface area contributed by atoms with E-state index in [4.69, 9.17) is 20.0 Å². The molecule has 32 heavy (non-hydrogen) atoms. The van der Waals surface area contributed by atoms with E-state index in [-0.39, 0.29) is 36.8 Å². The first-order chi connectivity index (χ1) is 15.2. The average Bonchev–Trinajstić information content (AvgIpc) is 3.19. The molecule has 1 aromatic heterocycles. The lowest BCUT2D eigenvalue weighted by atomic mass is 10.0. The predicted molar refractivity (Wildman–Crippen MR) is 121 cm³/mol. The van der Waals surface area contributed by atoms with Crippen LogP contribution in [0.5, 0.6) is 0 Å². The first-order valence-electron chi connectivity index (χ1n) is 10.9. The summed E-state index contributed by atoms with van der Waals surface area (Å²) < 4.78 is 10.9. The number of aryl methyl sites for hydroxylation is 1. The number of aliphatic hydroxyl groups excluding tert-OH is 1. The Balaban J connectivity index is 1.68. The number of amides is 1. The van der Waals surface area contributed by atoms with Gasteiger partial charge in [-0.25, -0.2) is 4.79 Å². The van der Waals surface area contributed by atoms with Crippen LogP contribution in [0.2, 0.25) is 0 Å². The van der Waals surface area contributed by atoms with Crippen LogP contribution in [0.3, 0.4) is 0 Å². The number of hydrogen-bond donors (Lipinski definition) is 3. The van der Waals surface area contributed by atoms with Gasteiger partial charge in [0, 0.05) is 37.9 Å². The van der Waals surface area contributed by atoms with Gasteiger partial charge in [0.1, 0.15) is 6.04 Å². The van der Waals surface area contributed by atoms with Crippen LogP contribution in [0, 0.1) is 13.8 Å². The monoisotopic (exact) mass is 446 g/mol. The summed E-state index contributed by atoms with van der Waals surface area (Å²) in [6.45, 7) is 12.6. The highest BCUT2D eigenvalue weighted by Gasteiger charge is 2.29. The van der Waals surface area contributed by atoms with E-state index in [1.807, 2.05) is 40.7 Å². The second kappa shape index (κ2) is 10.3. The molecule has 1 fully saturated rings. The number of ether oxygens (including phenoxy) is 1. The minimum Gasteiger partial charge on any atom is -0.447 e. The molecule has 1 aliphatic heterocycles. The summed E-state index contributed by atoms with van der Waals surface area (Å²) in [5.74, 6) is 0.184. The maximum absolute atomic E-state index is 12.3. The summed E-state index contributed by atoms with van der Waals surface area (Å²) in [5, 5.41) is 20.2. The van der Waals surface area contributed by atoms with E-state index in [0.29, 0.717) is 6.54 Å². The van der Waals surface area contributed by atoms with Crippen LogP contribution in [-0.4, -0.2) is 69.6 Å². The van der Waals surface area contributed by atoms with Crippen molar-refractivity contribution in [2.45, 2.75) is 59.4 Å². The topological polar surface area (TPSA) is 130 Å². The molecular formula is C22H34N6O4. The van der Waals surface area contributed by atoms with Crippen molar-refractivity contribution in [2.24, 2.45) is 5.73 Å². The Kier molecular flexibility index (Phi) is 7.70. The Morgan fingerprint density at radius 3 is 2.75 bits per heavy atom. The fourth-order valence-electron chi connectivity index (χ4n) is 3.81. The van der Waals surface area contributed by atoms with Crippen molar-refractivity contribution in [1.82, 2.24) is 20.0 Å². The molecule has 2 heterocycles. The minimum atomic E-state index is -0.703. The standard InChI is InChI=1S/C22H34N6O4/c1-13(2)31-22(30)28-7-6-27(10-15(28)4)11-17-8-14(3)9-19(16(17)5)24-21-26-25-20(32-21)18(23)12-29/h8-9,13,15,18,29H,6-7,10-12,23H2,1-5H3,(H,24,26)/t15-,18?/m0/s1. The lowest BCUT2D eigenvalue weighted by Crippen LogP contribution is -2.54. The molecule has 0 spiro atoms. The molecule has 0 bridgehead atoms. The van der Waals surface area contributed by atoms with E-state index in [1.54, 1.807) is 4.90 Å². The molecule has 2 aromatic rings. The zero-order chi connectivity index (χ0) is 23.4. The van der Waals surface area contributed by atoms with Gasteiger partial charge in [0.05, 0.1) is 12.7 Å². The molecule has 1 aliphatic rings. The van der Waals surface area contributed by atoms with Gasteiger partial charge in [0.2, 0.25) is 5.89 Å². The number of nitrogens with zero attached hydrogens (tertiary/aromatic N) is 4. The van der Waals surface area contributed by atoms with Gasteiger partial charge in [-0.15, -0.1) is 5.10 Å². The van der Waals surface area contributed by atoms with Gasteiger partial charge in [-0.2, -0.15) is 0 Å². The van der Waals surface area contributed by atoms with Crippen LogP contribution < -0.4 is 11.1 Å². The van der Waals surface area contributed by atoms with Crippen LogP contribution in [0.4, 0.5) is 16.5 Å². The highest BCUT2D eigenvalue weighted by molar-refractivity contribution is 5.68. The largest absolute Gasteiger partial charge is 0.447 e. The van der Waals surface area contributed by atoms with Crippen molar-refractivity contribution < 1.29 is 19.1 Å². The third-order valence-electron chi connectivity index (χ3n) is 5.53. The number of benzene rings is 1. The fraction of sp³-hybridized carbons (Fsp3) is 0.591. The molecule has 10 heteroatoms. The second-order valence-electron chi connectivity index (χ2n) is 8.67. The fourth-order valence-corrected chi connectivity index (χ4v) is 3.81. The first kappa shape index (κ1) is 24.0. The minimum absolute atomic E-state index is 0.0743. The zero-order valence-corrected chi connectivity index (χ0v) is 19.5. The SMILES string of the molecule is Cc1cc(CN2CCN(C(=O)OC(C)C)[C@@H](C)C2)c(C)c(Nc2nnc(C(N)CO)o2)c1. The molecule has 0 aliphatic carbocycles. The van der Waals surface area contributed by atoms with E-state index in [9.17, 15) is 4.79 Å². The van der Waals surface area contributed by atoms with Crippen LogP contribution in [0.15, 0.2) is 16.5 Å². The van der Waals surface area contributed by atoms with E-state index in [2.05, 4.69) is 26.5 Å². The first-order valence-corrected chi connectivity index (χ1v) is 10.9. The Hall–Kier alpha value is -2.69. The Morgan fingerprint density at radius 2 is 2.09 bits per heavy atom. The van der Waals surface area contributed by atoms with Crippen molar-refractivity contribution in [3.8, 4) is 0 Å². The van der Waals surface area contributed by atoms with E-state index < -0.39 is 6.04 Å². The number of carbonyl (C=O) groups excluding carboxylic acids is 1. The highest BCUT2D eigenvalue weighted by atomic mass is 16.6. The van der Waals surface area contributed by atoms with Crippen molar-refractivity contribution >= 4 is 17.8 Å². The summed E-state index contributed by atoms with van der Waals surface area (Å²) in [5.41, 5.74) is 9.98. The summed E-state index contributed by atoms with van der Waals surface area (Å²) in [4.78, 5) is 16.4. The Labute approximate surface area is 188 Å². The normalized spacial score (nSPS) is 18.1. The molecule has 0 saturated carbocycles. The number of hydrogen-bond acceptors (Lipinski definition) is 9. The Morgan fingerprint density at radius 1 is 1.34 bits per heavy atom. The molecule has 3 rings (SSSR count). The average molecular weight is 447 g/mol. The molecule has 10 nitrogen and oxygen atoms in total. The molecular weight excluding hydrogens is 412 g/mol. The predicted octanol–water partition coefficient (Wildman–Crippen LogP) is 2.47. The molecule has 2 atom stereocenters. The van der Waals surface area contributed by atoms with Crippen molar-refractivity contribution in [1.29, 1.82) is 0 Å². The van der Waals surface area contributed by atoms with Gasteiger partial charge in [-0.1, -0.05) is 11.2 Å². The number of carbonyl (C=O) groups is 1. The lowest BCUT2D eigenvalue weighted by molar-refractivity contribution is 0.0349. The van der Waals surface area contributed by atoms with E-state index >= 15 is 0 Å². The summed E-state index contributed by atoms with van der Waals surface area (Å²) in [7, 11) is 0. The third kappa shape index (κ3) is 5.76. The number of anilines is 2. The van der Waals surface area contributed by atoms with E-state index in [0.717, 1.165) is 36.4 Å². The summed E-state index contributed by atoms with van der Waals surface area (Å²) in [6, 6.07) is 3.80. The molecule has 1 amide bonds. The molecule has 0 radical (unpaired) electrons. The number of aromatic nitrogens is 2. The lowest BCUT2D eigenvalue weighted by Gasteiger charge is -2.39. The van der Waals surface area contributed by atoms with Gasteiger partial charge in [-0.05, 0) is 57.4 Å². The van der Waals surface area contributed by atoms with Crippen molar-refractivity contribution in [3.63, 3.8) is 0 Å². The molecule has 1 unspecified atom stereocenters. The zero-order valence-electron chi connectivity index (χ0n) is 19.5. The van der Waals surface area contributed by atoms with E-state index in [1.165, 1.54) is 5.56 Å². The number of rotatable bonds is 7. The smallest absolute Gasteiger partial charge is 0.410 e. The van der Waals surface area contributed by atoms with Gasteiger partial charge in [0.25, 0.3) is 0 Å². The maximum atomic E-state index is 12.3. The quantitative estimate of drug-likeness (QED) is 0.587. The van der Waals surface area contributed by atoms with Crippen molar-refractivity contribution in [3.05, 3.63) is 34.7 Å². The number of aliphatic hydroxyl groups is 1. The van der Waals surface area contributed by atoms with Crippen LogP contribution in [0.1, 0.15) is 49.4 Å². The van der Waals surface area contributed by atoms with Crippen LogP contribution in [-0.2, 0) is 11.3 Å². The maximum Gasteiger partial charge on any atom is 0.410 e. The number of nitrogens with two attached hydrogens (primary N) is 1. The highest BCUT2D eigenvalue weighted by Crippen LogP contribution is 2.27. The van der Waals surface area contributed by atoms with Gasteiger partial charge < -0.3 is 30.2 Å². The van der Waals surface area contributed by atoms with Gasteiger partial charge >= 0.3 is 12.1 Å².